The largest absolute Gasteiger partial charge is 0.496 e. The van der Waals surface area contributed by atoms with E-state index >= 15 is 0 Å². The fraction of sp³-hybridized carbons (Fsp3) is 0.238. The molecule has 0 spiro atoms. The maximum atomic E-state index is 13.2. The molecule has 2 aromatic carbocycles. The van der Waals surface area contributed by atoms with Gasteiger partial charge >= 0.3 is 6.03 Å². The van der Waals surface area contributed by atoms with Crippen molar-refractivity contribution in [1.82, 2.24) is 10.6 Å². The molecule has 8 nitrogen and oxygen atoms in total. The molecule has 0 saturated carbocycles. The number of ether oxygens (including phenoxy) is 3. The van der Waals surface area contributed by atoms with E-state index in [0.717, 1.165) is 0 Å². The van der Waals surface area contributed by atoms with Crippen molar-refractivity contribution in [3.05, 3.63) is 58.3 Å². The number of urea groups is 1. The Morgan fingerprint density at radius 2 is 1.70 bits per heavy atom. The lowest BCUT2D eigenvalue weighted by molar-refractivity contribution is -0.113. The van der Waals surface area contributed by atoms with E-state index in [-0.39, 0.29) is 0 Å². The average Bonchev–Trinajstić information content (AvgIpc) is 2.71. The molecule has 0 fully saturated rings. The van der Waals surface area contributed by atoms with E-state index in [1.807, 2.05) is 0 Å². The van der Waals surface area contributed by atoms with Crippen molar-refractivity contribution in [3.63, 3.8) is 0 Å². The Bertz CT molecular complexity index is 1020. The Kier molecular flexibility index (Phi) is 6.37. The number of anilines is 1. The van der Waals surface area contributed by atoms with Crippen LogP contribution in [0.5, 0.6) is 17.2 Å². The van der Waals surface area contributed by atoms with E-state index in [1.165, 1.54) is 21.3 Å². The summed E-state index contributed by atoms with van der Waals surface area (Å²) < 4.78 is 16.2. The smallest absolute Gasteiger partial charge is 0.319 e. The number of halogens is 1. The number of carbonyl (C=O) groups excluding carboxylic acids is 2. The van der Waals surface area contributed by atoms with Crippen LogP contribution in [-0.4, -0.2) is 33.3 Å². The van der Waals surface area contributed by atoms with E-state index < -0.39 is 18.0 Å². The van der Waals surface area contributed by atoms with Crippen molar-refractivity contribution >= 4 is 29.2 Å². The summed E-state index contributed by atoms with van der Waals surface area (Å²) in [6, 6.07) is 8.90. The minimum atomic E-state index is -0.785. The zero-order valence-electron chi connectivity index (χ0n) is 17.0. The number of allylic oxidation sites excluding steroid dienone is 1. The van der Waals surface area contributed by atoms with Gasteiger partial charge in [-0.3, -0.25) is 4.79 Å². The van der Waals surface area contributed by atoms with E-state index in [0.29, 0.717) is 44.8 Å². The summed E-state index contributed by atoms with van der Waals surface area (Å²) in [4.78, 5) is 25.4. The lowest BCUT2D eigenvalue weighted by Crippen LogP contribution is -2.46. The number of methoxy groups -OCH3 is 3. The molecule has 3 N–H and O–H groups in total. The first-order valence-corrected chi connectivity index (χ1v) is 9.40. The van der Waals surface area contributed by atoms with Crippen LogP contribution in [0.25, 0.3) is 0 Å². The first-order valence-electron chi connectivity index (χ1n) is 9.03. The molecular formula is C21H22ClN3O5. The van der Waals surface area contributed by atoms with Gasteiger partial charge in [0.05, 0.1) is 32.9 Å². The van der Waals surface area contributed by atoms with Crippen LogP contribution < -0.4 is 30.2 Å². The van der Waals surface area contributed by atoms with Crippen molar-refractivity contribution in [2.75, 3.05) is 26.6 Å². The highest BCUT2D eigenvalue weighted by Gasteiger charge is 2.34. The van der Waals surface area contributed by atoms with Crippen molar-refractivity contribution in [2.45, 2.75) is 13.0 Å². The topological polar surface area (TPSA) is 97.9 Å². The Morgan fingerprint density at radius 1 is 1.03 bits per heavy atom. The predicted molar refractivity (Wildman–Crippen MR) is 113 cm³/mol. The highest BCUT2D eigenvalue weighted by Crippen LogP contribution is 2.40. The van der Waals surface area contributed by atoms with E-state index in [2.05, 4.69) is 16.0 Å². The predicted octanol–water partition coefficient (Wildman–Crippen LogP) is 3.63. The maximum absolute atomic E-state index is 13.2. The minimum absolute atomic E-state index is 0.320. The third-order valence-electron chi connectivity index (χ3n) is 4.64. The van der Waals surface area contributed by atoms with Crippen LogP contribution in [0, 0.1) is 0 Å². The number of nitrogens with one attached hydrogen (secondary N) is 3. The molecule has 1 aliphatic heterocycles. The fourth-order valence-electron chi connectivity index (χ4n) is 3.27. The van der Waals surface area contributed by atoms with Gasteiger partial charge in [-0.1, -0.05) is 17.7 Å². The molecule has 3 rings (SSSR count). The molecule has 1 aliphatic rings. The van der Waals surface area contributed by atoms with Gasteiger partial charge in [-0.15, -0.1) is 0 Å². The quantitative estimate of drug-likeness (QED) is 0.648. The molecule has 158 valence electrons. The average molecular weight is 432 g/mol. The molecule has 0 saturated heterocycles. The van der Waals surface area contributed by atoms with Gasteiger partial charge in [0.25, 0.3) is 5.91 Å². The number of rotatable bonds is 6. The third kappa shape index (κ3) is 4.28. The second kappa shape index (κ2) is 8.96. The summed E-state index contributed by atoms with van der Waals surface area (Å²) in [5, 5.41) is 8.73. The zero-order chi connectivity index (χ0) is 21.8. The second-order valence-corrected chi connectivity index (χ2v) is 6.92. The standard InChI is InChI=1S/C21H22ClN3O5/c1-11-18(20(26)24-13-7-5-6-12(22)8-13)19(25-21(27)23-11)14-9-16(29-3)17(30-4)10-15(14)28-2/h5-10,19H,1-4H3,(H,24,26)(H2,23,25,27)/t19-/m1/s1. The minimum Gasteiger partial charge on any atom is -0.496 e. The molecule has 0 unspecified atom stereocenters. The first-order chi connectivity index (χ1) is 14.4. The molecule has 0 radical (unpaired) electrons. The number of hydrogen-bond acceptors (Lipinski definition) is 5. The molecule has 0 aromatic heterocycles. The van der Waals surface area contributed by atoms with E-state index in [9.17, 15) is 9.59 Å². The molecule has 0 bridgehead atoms. The van der Waals surface area contributed by atoms with Gasteiger partial charge in [0, 0.05) is 28.0 Å². The summed E-state index contributed by atoms with van der Waals surface area (Å²) in [7, 11) is 4.51. The molecule has 3 amide bonds. The Hall–Kier alpha value is -3.39. The lowest BCUT2D eigenvalue weighted by Gasteiger charge is -2.30. The van der Waals surface area contributed by atoms with Gasteiger partial charge in [-0.05, 0) is 31.2 Å². The van der Waals surface area contributed by atoms with Crippen LogP contribution in [-0.2, 0) is 4.79 Å². The van der Waals surface area contributed by atoms with Crippen molar-refractivity contribution in [2.24, 2.45) is 0 Å². The Labute approximate surface area is 179 Å². The SMILES string of the molecule is COc1cc(OC)c([C@H]2NC(=O)NC(C)=C2C(=O)Nc2cccc(Cl)c2)cc1OC. The van der Waals surface area contributed by atoms with E-state index in [4.69, 9.17) is 25.8 Å². The van der Waals surface area contributed by atoms with Crippen LogP contribution in [0.4, 0.5) is 10.5 Å². The molecule has 1 heterocycles. The number of hydrogen-bond donors (Lipinski definition) is 3. The number of carbonyl (C=O) groups is 2. The highest BCUT2D eigenvalue weighted by atomic mass is 35.5. The summed E-state index contributed by atoms with van der Waals surface area (Å²) in [6.45, 7) is 1.66. The second-order valence-electron chi connectivity index (χ2n) is 6.48. The van der Waals surface area contributed by atoms with Crippen molar-refractivity contribution < 1.29 is 23.8 Å². The van der Waals surface area contributed by atoms with Gasteiger partial charge in [0.1, 0.15) is 5.75 Å². The number of amides is 3. The first kappa shape index (κ1) is 21.3. The third-order valence-corrected chi connectivity index (χ3v) is 4.88. The van der Waals surface area contributed by atoms with Gasteiger partial charge in [0.2, 0.25) is 0 Å². The van der Waals surface area contributed by atoms with Crippen molar-refractivity contribution in [3.8, 4) is 17.2 Å². The molecule has 30 heavy (non-hydrogen) atoms. The summed E-state index contributed by atoms with van der Waals surface area (Å²) >= 11 is 6.01. The normalized spacial score (nSPS) is 15.8. The molecule has 0 aliphatic carbocycles. The lowest BCUT2D eigenvalue weighted by atomic mass is 9.93. The molecule has 1 atom stereocenters. The van der Waals surface area contributed by atoms with Gasteiger partial charge in [0.15, 0.2) is 11.5 Å². The van der Waals surface area contributed by atoms with Gasteiger partial charge in [-0.25, -0.2) is 4.79 Å². The number of benzene rings is 2. The molecule has 2 aromatic rings. The van der Waals surface area contributed by atoms with Gasteiger partial charge < -0.3 is 30.2 Å². The Morgan fingerprint density at radius 3 is 2.33 bits per heavy atom. The van der Waals surface area contributed by atoms with Crippen LogP contribution in [0.1, 0.15) is 18.5 Å². The summed E-state index contributed by atoms with van der Waals surface area (Å²) in [6.07, 6.45) is 0. The van der Waals surface area contributed by atoms with Crippen LogP contribution >= 0.6 is 11.6 Å². The Balaban J connectivity index is 2.07. The molecule has 9 heteroatoms. The monoisotopic (exact) mass is 431 g/mol. The zero-order valence-corrected chi connectivity index (χ0v) is 17.7. The van der Waals surface area contributed by atoms with Crippen molar-refractivity contribution in [1.29, 1.82) is 0 Å². The maximum Gasteiger partial charge on any atom is 0.319 e. The van der Waals surface area contributed by atoms with E-state index in [1.54, 1.807) is 43.3 Å². The highest BCUT2D eigenvalue weighted by molar-refractivity contribution is 6.31. The van der Waals surface area contributed by atoms with Crippen LogP contribution in [0.3, 0.4) is 0 Å². The van der Waals surface area contributed by atoms with Crippen LogP contribution in [0.15, 0.2) is 47.7 Å². The molecular weight excluding hydrogens is 410 g/mol. The fourth-order valence-corrected chi connectivity index (χ4v) is 3.46. The summed E-state index contributed by atoms with van der Waals surface area (Å²) in [5.74, 6) is 0.933. The summed E-state index contributed by atoms with van der Waals surface area (Å²) in [5.41, 5.74) is 1.81. The van der Waals surface area contributed by atoms with Gasteiger partial charge in [-0.2, -0.15) is 0 Å². The van der Waals surface area contributed by atoms with Crippen LogP contribution in [0.2, 0.25) is 5.02 Å².